The quantitative estimate of drug-likeness (QED) is 0.861. The third kappa shape index (κ3) is 1.89. The maximum atomic E-state index is 5.41. The van der Waals surface area contributed by atoms with E-state index in [2.05, 4.69) is 26.1 Å². The fourth-order valence-corrected chi connectivity index (χ4v) is 1.37. The van der Waals surface area contributed by atoms with Crippen LogP contribution in [0.3, 0.4) is 0 Å². The van der Waals surface area contributed by atoms with Gasteiger partial charge in [-0.15, -0.1) is 5.10 Å². The van der Waals surface area contributed by atoms with Gasteiger partial charge in [-0.2, -0.15) is 9.90 Å². The molecular weight excluding hydrogens is 236 g/mol. The van der Waals surface area contributed by atoms with Crippen LogP contribution in [0.4, 0.5) is 5.82 Å². The summed E-state index contributed by atoms with van der Waals surface area (Å²) in [4.78, 5) is 1.51. The van der Waals surface area contributed by atoms with Gasteiger partial charge in [0.15, 0.2) is 10.5 Å². The van der Waals surface area contributed by atoms with Crippen molar-refractivity contribution < 1.29 is 4.42 Å². The van der Waals surface area contributed by atoms with E-state index in [1.54, 1.807) is 6.26 Å². The van der Waals surface area contributed by atoms with Gasteiger partial charge in [0.2, 0.25) is 0 Å². The van der Waals surface area contributed by atoms with E-state index in [0.29, 0.717) is 17.0 Å². The van der Waals surface area contributed by atoms with E-state index in [1.165, 1.54) is 11.0 Å². The summed E-state index contributed by atoms with van der Waals surface area (Å²) in [5.41, 5.74) is 6.40. The van der Waals surface area contributed by atoms with Crippen molar-refractivity contribution in [2.45, 2.75) is 6.54 Å². The topological polar surface area (TPSA) is 69.9 Å². The van der Waals surface area contributed by atoms with Crippen LogP contribution in [0, 0.1) is 0 Å². The third-order valence-corrected chi connectivity index (χ3v) is 1.92. The van der Waals surface area contributed by atoms with Crippen molar-refractivity contribution in [3.8, 4) is 0 Å². The summed E-state index contributed by atoms with van der Waals surface area (Å²) < 4.78 is 5.76. The SMILES string of the molecule is Nc1cnn(Cc2coc(Br)c2)n1. The summed E-state index contributed by atoms with van der Waals surface area (Å²) in [6.07, 6.45) is 3.15. The number of nitrogens with two attached hydrogens (primary N) is 1. The lowest BCUT2D eigenvalue weighted by molar-refractivity contribution is 0.530. The Morgan fingerprint density at radius 1 is 1.62 bits per heavy atom. The van der Waals surface area contributed by atoms with Gasteiger partial charge in [0, 0.05) is 5.56 Å². The van der Waals surface area contributed by atoms with E-state index < -0.39 is 0 Å². The molecule has 0 aliphatic carbocycles. The Balaban J connectivity index is 2.14. The van der Waals surface area contributed by atoms with Crippen molar-refractivity contribution in [1.29, 1.82) is 0 Å². The zero-order valence-corrected chi connectivity index (χ0v) is 8.23. The van der Waals surface area contributed by atoms with Gasteiger partial charge in [-0.25, -0.2) is 0 Å². The second-order valence-electron chi connectivity index (χ2n) is 2.56. The monoisotopic (exact) mass is 242 g/mol. The number of halogens is 1. The summed E-state index contributed by atoms with van der Waals surface area (Å²) in [5, 5.41) is 7.89. The number of nitrogens with zero attached hydrogens (tertiary/aromatic N) is 3. The molecule has 0 aliphatic rings. The van der Waals surface area contributed by atoms with Gasteiger partial charge in [0.1, 0.15) is 0 Å². The molecule has 13 heavy (non-hydrogen) atoms. The molecule has 0 fully saturated rings. The molecule has 0 unspecified atom stereocenters. The van der Waals surface area contributed by atoms with Gasteiger partial charge in [0.25, 0.3) is 0 Å². The lowest BCUT2D eigenvalue weighted by Gasteiger charge is -1.93. The number of hydrogen-bond acceptors (Lipinski definition) is 4. The zero-order valence-electron chi connectivity index (χ0n) is 6.64. The first kappa shape index (κ1) is 8.31. The second kappa shape index (κ2) is 3.21. The van der Waals surface area contributed by atoms with E-state index in [1.807, 2.05) is 6.07 Å². The maximum absolute atomic E-state index is 5.41. The molecule has 2 N–H and O–H groups in total. The summed E-state index contributed by atoms with van der Waals surface area (Å²) >= 11 is 3.21. The number of nitrogen functional groups attached to an aromatic ring is 1. The molecule has 0 bridgehead atoms. The Kier molecular flexibility index (Phi) is 2.05. The second-order valence-corrected chi connectivity index (χ2v) is 3.34. The normalized spacial score (nSPS) is 10.5. The molecule has 2 aromatic heterocycles. The van der Waals surface area contributed by atoms with Gasteiger partial charge in [0.05, 0.1) is 19.0 Å². The summed E-state index contributed by atoms with van der Waals surface area (Å²) in [5.74, 6) is 0.419. The van der Waals surface area contributed by atoms with E-state index in [9.17, 15) is 0 Å². The molecule has 2 aromatic rings. The summed E-state index contributed by atoms with van der Waals surface area (Å²) in [7, 11) is 0. The van der Waals surface area contributed by atoms with Crippen molar-refractivity contribution in [3.63, 3.8) is 0 Å². The minimum Gasteiger partial charge on any atom is -0.457 e. The Labute approximate surface area is 82.7 Å². The molecule has 0 saturated carbocycles. The molecule has 5 nitrogen and oxygen atoms in total. The predicted molar refractivity (Wildman–Crippen MR) is 49.9 cm³/mol. The van der Waals surface area contributed by atoms with Crippen LogP contribution in [-0.2, 0) is 6.54 Å². The number of furan rings is 1. The number of hydrogen-bond donors (Lipinski definition) is 1. The molecule has 2 heterocycles. The molecule has 2 rings (SSSR count). The Bertz CT molecular complexity index is 370. The number of aromatic nitrogens is 3. The highest BCUT2D eigenvalue weighted by Gasteiger charge is 2.01. The van der Waals surface area contributed by atoms with Crippen molar-refractivity contribution in [3.05, 3.63) is 28.8 Å². The van der Waals surface area contributed by atoms with Gasteiger partial charge < -0.3 is 10.2 Å². The van der Waals surface area contributed by atoms with E-state index in [-0.39, 0.29) is 0 Å². The van der Waals surface area contributed by atoms with Crippen molar-refractivity contribution in [2.24, 2.45) is 0 Å². The summed E-state index contributed by atoms with van der Waals surface area (Å²) in [6, 6.07) is 1.86. The molecule has 0 aromatic carbocycles. The molecule has 0 spiro atoms. The fourth-order valence-electron chi connectivity index (χ4n) is 0.979. The van der Waals surface area contributed by atoms with Gasteiger partial charge >= 0.3 is 0 Å². The number of rotatable bonds is 2. The summed E-state index contributed by atoms with van der Waals surface area (Å²) in [6.45, 7) is 0.562. The zero-order chi connectivity index (χ0) is 9.26. The fraction of sp³-hybridized carbons (Fsp3) is 0.143. The minimum absolute atomic E-state index is 0.419. The van der Waals surface area contributed by atoms with Crippen molar-refractivity contribution in [2.75, 3.05) is 5.73 Å². The smallest absolute Gasteiger partial charge is 0.169 e. The molecule has 0 amide bonds. The van der Waals surface area contributed by atoms with Crippen LogP contribution in [-0.4, -0.2) is 15.0 Å². The molecule has 68 valence electrons. The third-order valence-electron chi connectivity index (χ3n) is 1.50. The Morgan fingerprint density at radius 2 is 2.46 bits per heavy atom. The standard InChI is InChI=1S/C7H7BrN4O/c8-6-1-5(4-13-6)3-12-10-2-7(9)11-12/h1-2,4H,3H2,(H2,9,11). The lowest BCUT2D eigenvalue weighted by atomic mass is 10.3. The average molecular weight is 243 g/mol. The highest BCUT2D eigenvalue weighted by atomic mass is 79.9. The van der Waals surface area contributed by atoms with Crippen LogP contribution in [0.2, 0.25) is 0 Å². The molecule has 0 atom stereocenters. The molecule has 6 heteroatoms. The van der Waals surface area contributed by atoms with Crippen LogP contribution in [0.5, 0.6) is 0 Å². The van der Waals surface area contributed by atoms with E-state index in [4.69, 9.17) is 10.2 Å². The predicted octanol–water partition coefficient (Wildman–Crippen LogP) is 1.26. The minimum atomic E-state index is 0.419. The highest BCUT2D eigenvalue weighted by molar-refractivity contribution is 9.10. The van der Waals surface area contributed by atoms with Crippen molar-refractivity contribution >= 4 is 21.7 Å². The van der Waals surface area contributed by atoms with Gasteiger partial charge in [-0.05, 0) is 22.0 Å². The van der Waals surface area contributed by atoms with E-state index >= 15 is 0 Å². The van der Waals surface area contributed by atoms with Crippen LogP contribution in [0.1, 0.15) is 5.56 Å². The van der Waals surface area contributed by atoms with Crippen LogP contribution in [0.15, 0.2) is 27.6 Å². The highest BCUT2D eigenvalue weighted by Crippen LogP contribution is 2.14. The first-order valence-electron chi connectivity index (χ1n) is 3.62. The maximum Gasteiger partial charge on any atom is 0.169 e. The van der Waals surface area contributed by atoms with Crippen LogP contribution >= 0.6 is 15.9 Å². The lowest BCUT2D eigenvalue weighted by Crippen LogP contribution is -2.02. The molecule has 0 saturated heterocycles. The van der Waals surface area contributed by atoms with Gasteiger partial charge in [-0.3, -0.25) is 0 Å². The largest absolute Gasteiger partial charge is 0.457 e. The van der Waals surface area contributed by atoms with Crippen molar-refractivity contribution in [1.82, 2.24) is 15.0 Å². The Hall–Kier alpha value is -1.30. The first-order chi connectivity index (χ1) is 6.24. The average Bonchev–Trinajstić information content (AvgIpc) is 2.62. The molecule has 0 radical (unpaired) electrons. The van der Waals surface area contributed by atoms with Gasteiger partial charge in [-0.1, -0.05) is 0 Å². The number of anilines is 1. The molecule has 0 aliphatic heterocycles. The van der Waals surface area contributed by atoms with E-state index in [0.717, 1.165) is 5.56 Å². The van der Waals surface area contributed by atoms with Crippen LogP contribution in [0.25, 0.3) is 0 Å². The Morgan fingerprint density at radius 3 is 3.00 bits per heavy atom. The molecular formula is C7H7BrN4O. The van der Waals surface area contributed by atoms with Crippen LogP contribution < -0.4 is 5.73 Å². The first-order valence-corrected chi connectivity index (χ1v) is 4.42.